The molecule has 162 valence electrons. The van der Waals surface area contributed by atoms with E-state index in [1.54, 1.807) is 7.11 Å². The van der Waals surface area contributed by atoms with E-state index < -0.39 is 14.9 Å². The lowest BCUT2D eigenvalue weighted by Gasteiger charge is -2.28. The molecule has 0 bridgehead atoms. The second-order valence-electron chi connectivity index (χ2n) is 6.83. The normalized spacial score (nSPS) is 16.1. The maximum atomic E-state index is 13.3. The SMILES string of the molecule is CCC(Nc1ccc([N+](=O)[O-])cc1S(=O)(=O)N1CCOCC1)c1ccc(OC)cc1. The molecule has 0 aliphatic carbocycles. The lowest BCUT2D eigenvalue weighted by molar-refractivity contribution is -0.385. The first kappa shape index (κ1) is 22.0. The van der Waals surface area contributed by atoms with Crippen molar-refractivity contribution < 1.29 is 22.8 Å². The molecule has 1 aliphatic heterocycles. The summed E-state index contributed by atoms with van der Waals surface area (Å²) in [5.74, 6) is 0.722. The van der Waals surface area contributed by atoms with Crippen molar-refractivity contribution in [3.8, 4) is 5.75 Å². The summed E-state index contributed by atoms with van der Waals surface area (Å²) in [6.45, 7) is 2.98. The van der Waals surface area contributed by atoms with Crippen LogP contribution in [0.5, 0.6) is 5.75 Å². The molecule has 30 heavy (non-hydrogen) atoms. The Bertz CT molecular complexity index is 988. The lowest BCUT2D eigenvalue weighted by atomic mass is 10.0. The van der Waals surface area contributed by atoms with Gasteiger partial charge >= 0.3 is 0 Å². The van der Waals surface area contributed by atoms with Gasteiger partial charge in [-0.05, 0) is 30.2 Å². The number of rotatable bonds is 8. The van der Waals surface area contributed by atoms with Gasteiger partial charge in [-0.3, -0.25) is 10.1 Å². The van der Waals surface area contributed by atoms with E-state index in [4.69, 9.17) is 9.47 Å². The number of sulfonamides is 1. The summed E-state index contributed by atoms with van der Waals surface area (Å²) in [6, 6.07) is 11.2. The Morgan fingerprint density at radius 1 is 1.20 bits per heavy atom. The number of anilines is 1. The average molecular weight is 436 g/mol. The molecule has 1 fully saturated rings. The second-order valence-corrected chi connectivity index (χ2v) is 8.74. The Hall–Kier alpha value is -2.69. The molecule has 0 radical (unpaired) electrons. The summed E-state index contributed by atoms with van der Waals surface area (Å²) in [4.78, 5) is 10.6. The van der Waals surface area contributed by atoms with Crippen molar-refractivity contribution in [2.45, 2.75) is 24.3 Å². The number of methoxy groups -OCH3 is 1. The Morgan fingerprint density at radius 2 is 1.87 bits per heavy atom. The average Bonchev–Trinajstić information content (AvgIpc) is 2.78. The van der Waals surface area contributed by atoms with Crippen LogP contribution in [0.3, 0.4) is 0 Å². The van der Waals surface area contributed by atoms with Crippen molar-refractivity contribution in [2.24, 2.45) is 0 Å². The van der Waals surface area contributed by atoms with Crippen LogP contribution in [-0.2, 0) is 14.8 Å². The number of nitro benzene ring substituents is 1. The number of nitrogens with one attached hydrogen (secondary N) is 1. The number of ether oxygens (including phenoxy) is 2. The van der Waals surface area contributed by atoms with Crippen LogP contribution >= 0.6 is 0 Å². The highest BCUT2D eigenvalue weighted by atomic mass is 32.2. The van der Waals surface area contributed by atoms with E-state index in [1.165, 1.54) is 16.4 Å². The minimum absolute atomic E-state index is 0.106. The Morgan fingerprint density at radius 3 is 2.43 bits per heavy atom. The van der Waals surface area contributed by atoms with Gasteiger partial charge in [-0.1, -0.05) is 19.1 Å². The van der Waals surface area contributed by atoms with E-state index in [-0.39, 0.29) is 29.7 Å². The Labute approximate surface area is 175 Å². The summed E-state index contributed by atoms with van der Waals surface area (Å²) >= 11 is 0. The fourth-order valence-electron chi connectivity index (χ4n) is 3.33. The molecule has 9 nitrogen and oxygen atoms in total. The molecule has 0 saturated carbocycles. The van der Waals surface area contributed by atoms with Gasteiger partial charge in [0.05, 0.1) is 37.0 Å². The number of benzene rings is 2. The summed E-state index contributed by atoms with van der Waals surface area (Å²) < 4.78 is 38.3. The molecule has 1 aliphatic rings. The predicted molar refractivity (Wildman–Crippen MR) is 112 cm³/mol. The van der Waals surface area contributed by atoms with Crippen LogP contribution in [-0.4, -0.2) is 51.1 Å². The van der Waals surface area contributed by atoms with Gasteiger partial charge in [0.25, 0.3) is 5.69 Å². The maximum absolute atomic E-state index is 13.3. The van der Waals surface area contributed by atoms with Crippen LogP contribution in [0, 0.1) is 10.1 Å². The lowest BCUT2D eigenvalue weighted by Crippen LogP contribution is -2.40. The molecular formula is C20H25N3O6S. The number of nitro groups is 1. The van der Waals surface area contributed by atoms with E-state index in [1.807, 2.05) is 31.2 Å². The molecule has 1 N–H and O–H groups in total. The van der Waals surface area contributed by atoms with Gasteiger partial charge < -0.3 is 14.8 Å². The minimum atomic E-state index is -3.93. The molecule has 2 aromatic rings. The maximum Gasteiger partial charge on any atom is 0.270 e. The zero-order valence-corrected chi connectivity index (χ0v) is 17.7. The number of non-ortho nitro benzene ring substituents is 1. The van der Waals surface area contributed by atoms with Gasteiger partial charge in [-0.2, -0.15) is 4.31 Å². The molecule has 0 aromatic heterocycles. The second kappa shape index (κ2) is 9.41. The summed E-state index contributed by atoms with van der Waals surface area (Å²) in [5.41, 5.74) is 1.01. The first-order chi connectivity index (χ1) is 14.4. The van der Waals surface area contributed by atoms with Gasteiger partial charge in [0.15, 0.2) is 0 Å². The molecule has 0 amide bonds. The van der Waals surface area contributed by atoms with Gasteiger partial charge in [-0.25, -0.2) is 8.42 Å². The number of nitrogens with zero attached hydrogens (tertiary/aromatic N) is 2. The highest BCUT2D eigenvalue weighted by molar-refractivity contribution is 7.89. The van der Waals surface area contributed by atoms with E-state index in [9.17, 15) is 18.5 Å². The van der Waals surface area contributed by atoms with Crippen LogP contribution in [0.25, 0.3) is 0 Å². The monoisotopic (exact) mass is 435 g/mol. The third kappa shape index (κ3) is 4.72. The Balaban J connectivity index is 1.99. The van der Waals surface area contributed by atoms with Crippen molar-refractivity contribution in [3.05, 3.63) is 58.1 Å². The topological polar surface area (TPSA) is 111 Å². The highest BCUT2D eigenvalue weighted by Gasteiger charge is 2.31. The van der Waals surface area contributed by atoms with Crippen molar-refractivity contribution in [1.29, 1.82) is 0 Å². The predicted octanol–water partition coefficient (Wildman–Crippen LogP) is 3.19. The van der Waals surface area contributed by atoms with Crippen molar-refractivity contribution in [1.82, 2.24) is 4.31 Å². The fraction of sp³-hybridized carbons (Fsp3) is 0.400. The third-order valence-electron chi connectivity index (χ3n) is 5.02. The third-order valence-corrected chi connectivity index (χ3v) is 6.96. The molecule has 1 unspecified atom stereocenters. The van der Waals surface area contributed by atoms with Gasteiger partial charge in [-0.15, -0.1) is 0 Å². The number of hydrogen-bond donors (Lipinski definition) is 1. The molecule has 3 rings (SSSR count). The summed E-state index contributed by atoms with van der Waals surface area (Å²) in [7, 11) is -2.34. The van der Waals surface area contributed by atoms with Crippen LogP contribution in [0.15, 0.2) is 47.4 Å². The molecule has 0 spiro atoms. The zero-order chi connectivity index (χ0) is 21.7. The molecule has 1 saturated heterocycles. The van der Waals surface area contributed by atoms with E-state index in [2.05, 4.69) is 5.32 Å². The standard InChI is InChI=1S/C20H25N3O6S/c1-3-18(15-4-7-17(28-2)8-5-15)21-19-9-6-16(23(24)25)14-20(19)30(26,27)22-10-12-29-13-11-22/h4-9,14,18,21H,3,10-13H2,1-2H3. The van der Waals surface area contributed by atoms with Crippen molar-refractivity contribution in [3.63, 3.8) is 0 Å². The smallest absolute Gasteiger partial charge is 0.270 e. The van der Waals surface area contributed by atoms with Gasteiger partial charge in [0, 0.05) is 25.2 Å². The van der Waals surface area contributed by atoms with Crippen molar-refractivity contribution in [2.75, 3.05) is 38.7 Å². The largest absolute Gasteiger partial charge is 0.497 e. The van der Waals surface area contributed by atoms with Gasteiger partial charge in [0.2, 0.25) is 10.0 Å². The van der Waals surface area contributed by atoms with Gasteiger partial charge in [0.1, 0.15) is 10.6 Å². The Kier molecular flexibility index (Phi) is 6.91. The molecule has 2 aromatic carbocycles. The van der Waals surface area contributed by atoms with E-state index in [0.29, 0.717) is 25.3 Å². The number of hydrogen-bond acceptors (Lipinski definition) is 7. The van der Waals surface area contributed by atoms with Crippen LogP contribution < -0.4 is 10.1 Å². The molecule has 1 heterocycles. The molecule has 1 atom stereocenters. The molecule has 10 heteroatoms. The molecular weight excluding hydrogens is 410 g/mol. The van der Waals surface area contributed by atoms with E-state index in [0.717, 1.165) is 17.4 Å². The summed E-state index contributed by atoms with van der Waals surface area (Å²) in [5, 5.41) is 14.5. The fourth-order valence-corrected chi connectivity index (χ4v) is 4.91. The van der Waals surface area contributed by atoms with Crippen molar-refractivity contribution >= 4 is 21.4 Å². The van der Waals surface area contributed by atoms with Crippen LogP contribution in [0.1, 0.15) is 24.9 Å². The minimum Gasteiger partial charge on any atom is -0.497 e. The van der Waals surface area contributed by atoms with Crippen LogP contribution in [0.2, 0.25) is 0 Å². The number of morpholine rings is 1. The quantitative estimate of drug-likeness (QED) is 0.501. The first-order valence-corrected chi connectivity index (χ1v) is 11.1. The first-order valence-electron chi connectivity index (χ1n) is 9.63. The highest BCUT2D eigenvalue weighted by Crippen LogP contribution is 2.33. The van der Waals surface area contributed by atoms with E-state index >= 15 is 0 Å². The zero-order valence-electron chi connectivity index (χ0n) is 16.9. The van der Waals surface area contributed by atoms with Crippen LogP contribution in [0.4, 0.5) is 11.4 Å². The summed E-state index contributed by atoms with van der Waals surface area (Å²) in [6.07, 6.45) is 0.681.